The van der Waals surface area contributed by atoms with Gasteiger partial charge in [-0.3, -0.25) is 9.63 Å². The van der Waals surface area contributed by atoms with Crippen LogP contribution >= 0.6 is 11.6 Å². The number of fused-ring (bicyclic) bond motifs is 1. The molecule has 1 saturated carbocycles. The highest BCUT2D eigenvalue weighted by Crippen LogP contribution is 2.46. The molecule has 1 saturated heterocycles. The molecule has 3 aliphatic rings. The van der Waals surface area contributed by atoms with Crippen LogP contribution in [-0.4, -0.2) is 56.3 Å². The van der Waals surface area contributed by atoms with Gasteiger partial charge in [0.2, 0.25) is 5.79 Å². The number of hydrogen-bond donors (Lipinski definition) is 1. The predicted molar refractivity (Wildman–Crippen MR) is 197 cm³/mol. The van der Waals surface area contributed by atoms with E-state index in [1.54, 1.807) is 45.2 Å². The molecular formula is C39H45ClFN3O9. The van der Waals surface area contributed by atoms with Crippen LogP contribution in [0.3, 0.4) is 0 Å². The molecule has 0 radical (unpaired) electrons. The Morgan fingerprint density at radius 3 is 2.26 bits per heavy atom. The van der Waals surface area contributed by atoms with Gasteiger partial charge in [-0.15, -0.1) is 0 Å². The Labute approximate surface area is 313 Å². The fraction of sp³-hybridized carbons (Fsp3) is 0.410. The normalized spacial score (nSPS) is 19.1. The molecule has 14 heteroatoms. The smallest absolute Gasteiger partial charge is 0.427 e. The van der Waals surface area contributed by atoms with Gasteiger partial charge in [-0.1, -0.05) is 31.5 Å². The van der Waals surface area contributed by atoms with Crippen LogP contribution < -0.4 is 24.4 Å². The average molecular weight is 754 g/mol. The Morgan fingerprint density at radius 1 is 1.00 bits per heavy atom. The third-order valence-corrected chi connectivity index (χ3v) is 9.46. The van der Waals surface area contributed by atoms with Crippen LogP contribution in [0.2, 0.25) is 5.02 Å². The Morgan fingerprint density at radius 2 is 1.66 bits per heavy atom. The minimum Gasteiger partial charge on any atom is -0.489 e. The number of ether oxygens (including phenoxy) is 5. The summed E-state index contributed by atoms with van der Waals surface area (Å²) in [7, 11) is 4.61. The quantitative estimate of drug-likeness (QED) is 0.177. The third kappa shape index (κ3) is 9.03. The van der Waals surface area contributed by atoms with Crippen LogP contribution in [0.15, 0.2) is 65.9 Å². The Kier molecular flexibility index (Phi) is 11.9. The van der Waals surface area contributed by atoms with E-state index < -0.39 is 23.6 Å². The van der Waals surface area contributed by atoms with Crippen molar-refractivity contribution in [3.05, 3.63) is 82.3 Å². The number of amides is 4. The Hall–Kier alpha value is -4.85. The summed E-state index contributed by atoms with van der Waals surface area (Å²) in [5.41, 5.74) is 2.00. The molecule has 1 N–H and O–H groups in total. The monoisotopic (exact) mass is 753 g/mol. The number of imide groups is 1. The summed E-state index contributed by atoms with van der Waals surface area (Å²) < 4.78 is 42.7. The van der Waals surface area contributed by atoms with Crippen molar-refractivity contribution in [2.24, 2.45) is 0 Å². The van der Waals surface area contributed by atoms with Gasteiger partial charge in [0.25, 0.3) is 0 Å². The SMILES string of the molecule is CC(C)=C1OC(=O)N(c2cc(OC3CCCC3)c(Cl)cc2F)C1=O.CON(C)C(=O)Nc1ccc(Oc2ccc3c(c2)OC(C)(OC)CC3(C)C)cc1. The van der Waals surface area contributed by atoms with E-state index in [0.29, 0.717) is 27.7 Å². The van der Waals surface area contributed by atoms with Crippen molar-refractivity contribution in [2.75, 3.05) is 31.5 Å². The first-order valence-electron chi connectivity index (χ1n) is 17.2. The molecule has 2 heterocycles. The lowest BCUT2D eigenvalue weighted by Crippen LogP contribution is -2.45. The molecular weight excluding hydrogens is 709 g/mol. The minimum absolute atomic E-state index is 0.00962. The molecule has 6 rings (SSSR count). The van der Waals surface area contributed by atoms with E-state index in [-0.39, 0.29) is 39.8 Å². The minimum atomic E-state index is -0.941. The number of carbonyl (C=O) groups excluding carboxylic acids is 3. The number of halogens is 2. The third-order valence-electron chi connectivity index (χ3n) is 9.17. The van der Waals surface area contributed by atoms with Crippen LogP contribution in [0.25, 0.3) is 0 Å². The van der Waals surface area contributed by atoms with E-state index in [4.69, 9.17) is 40.1 Å². The summed E-state index contributed by atoms with van der Waals surface area (Å²) in [4.78, 5) is 41.7. The number of hydrogen-bond acceptors (Lipinski definition) is 9. The van der Waals surface area contributed by atoms with Crippen LogP contribution in [0.4, 0.5) is 25.4 Å². The molecule has 53 heavy (non-hydrogen) atoms. The van der Waals surface area contributed by atoms with Gasteiger partial charge in [0.05, 0.1) is 23.9 Å². The number of cyclic esters (lactones) is 1. The van der Waals surface area contributed by atoms with Gasteiger partial charge in [-0.2, -0.15) is 0 Å². The summed E-state index contributed by atoms with van der Waals surface area (Å²) in [6, 6.07) is 14.9. The maximum atomic E-state index is 14.3. The molecule has 1 aliphatic carbocycles. The first-order chi connectivity index (χ1) is 25.0. The van der Waals surface area contributed by atoms with Crippen LogP contribution in [-0.2, 0) is 24.5 Å². The zero-order chi connectivity index (χ0) is 38.7. The maximum Gasteiger partial charge on any atom is 0.427 e. The lowest BCUT2D eigenvalue weighted by molar-refractivity contribution is -0.172. The second-order valence-electron chi connectivity index (χ2n) is 14.0. The zero-order valence-electron chi connectivity index (χ0n) is 31.1. The second kappa shape index (κ2) is 16.0. The van der Waals surface area contributed by atoms with Crippen LogP contribution in [0.1, 0.15) is 72.3 Å². The molecule has 0 aromatic heterocycles. The Bertz CT molecular complexity index is 1890. The summed E-state index contributed by atoms with van der Waals surface area (Å²) in [5, 5.41) is 3.93. The standard InChI is InChI=1S/C22H28N2O5.C17H17ClFNO4/c1-21(2)14-22(3,26-5)29-19-13-17(11-12-18(19)21)28-16-9-7-15(8-10-16)23-20(25)24(4)27-6;1-9(2)15-16(21)20(17(22)24-15)13-8-14(11(18)7-12(13)19)23-10-5-3-4-6-10/h7-13H,14H2,1-6H3,(H,23,25);7-8,10H,3-6H2,1-2H3. The molecule has 1 atom stereocenters. The van der Waals surface area contributed by atoms with E-state index in [2.05, 4.69) is 19.2 Å². The van der Waals surface area contributed by atoms with E-state index in [1.807, 2.05) is 25.1 Å². The zero-order valence-corrected chi connectivity index (χ0v) is 31.9. The summed E-state index contributed by atoms with van der Waals surface area (Å²) in [6.45, 7) is 9.58. The van der Waals surface area contributed by atoms with Crippen molar-refractivity contribution < 1.29 is 47.3 Å². The van der Waals surface area contributed by atoms with Crippen molar-refractivity contribution in [2.45, 2.75) is 84.0 Å². The highest BCUT2D eigenvalue weighted by atomic mass is 35.5. The number of hydroxylamine groups is 2. The van der Waals surface area contributed by atoms with E-state index in [1.165, 1.54) is 20.2 Å². The summed E-state index contributed by atoms with van der Waals surface area (Å²) >= 11 is 6.04. The maximum absolute atomic E-state index is 14.3. The molecule has 0 bridgehead atoms. The highest BCUT2D eigenvalue weighted by molar-refractivity contribution is 6.32. The molecule has 3 aromatic carbocycles. The summed E-state index contributed by atoms with van der Waals surface area (Å²) in [5.74, 6) is 0.0635. The largest absolute Gasteiger partial charge is 0.489 e. The molecule has 0 spiro atoms. The molecule has 284 valence electrons. The van der Waals surface area contributed by atoms with Crippen LogP contribution in [0.5, 0.6) is 23.0 Å². The number of nitrogens with one attached hydrogen (secondary N) is 1. The van der Waals surface area contributed by atoms with Crippen molar-refractivity contribution in [3.63, 3.8) is 0 Å². The van der Waals surface area contributed by atoms with Gasteiger partial charge in [0, 0.05) is 50.9 Å². The molecule has 4 amide bonds. The fourth-order valence-corrected chi connectivity index (χ4v) is 6.56. The summed E-state index contributed by atoms with van der Waals surface area (Å²) in [6.07, 6.45) is 3.76. The van der Waals surface area contributed by atoms with Gasteiger partial charge in [-0.05, 0) is 86.9 Å². The number of rotatable bonds is 8. The Balaban J connectivity index is 0.000000208. The number of nitrogens with zero attached hydrogens (tertiary/aromatic N) is 2. The first kappa shape index (κ1) is 39.4. The lowest BCUT2D eigenvalue weighted by Gasteiger charge is -2.43. The number of anilines is 2. The number of methoxy groups -OCH3 is 1. The van der Waals surface area contributed by atoms with Gasteiger partial charge < -0.3 is 29.0 Å². The van der Waals surface area contributed by atoms with Crippen molar-refractivity contribution in [1.29, 1.82) is 0 Å². The molecule has 2 fully saturated rings. The highest BCUT2D eigenvalue weighted by Gasteiger charge is 2.43. The van der Waals surface area contributed by atoms with Crippen LogP contribution in [0, 0.1) is 5.82 Å². The van der Waals surface area contributed by atoms with E-state index in [9.17, 15) is 18.8 Å². The topological polar surface area (TPSA) is 125 Å². The first-order valence-corrected chi connectivity index (χ1v) is 17.6. The van der Waals surface area contributed by atoms with Crippen molar-refractivity contribution >= 4 is 41.0 Å². The van der Waals surface area contributed by atoms with E-state index in [0.717, 1.165) is 54.5 Å². The van der Waals surface area contributed by atoms with E-state index >= 15 is 0 Å². The number of carbonyl (C=O) groups is 3. The molecule has 12 nitrogen and oxygen atoms in total. The van der Waals surface area contributed by atoms with Crippen molar-refractivity contribution in [1.82, 2.24) is 5.06 Å². The number of urea groups is 1. The second-order valence-corrected chi connectivity index (χ2v) is 14.4. The molecule has 3 aromatic rings. The number of benzene rings is 3. The van der Waals surface area contributed by atoms with Crippen molar-refractivity contribution in [3.8, 4) is 23.0 Å². The molecule has 2 aliphatic heterocycles. The fourth-order valence-electron chi connectivity index (χ4n) is 6.37. The number of allylic oxidation sites excluding steroid dienone is 1. The molecule has 1 unspecified atom stereocenters. The average Bonchev–Trinajstić information content (AvgIpc) is 3.73. The van der Waals surface area contributed by atoms with Gasteiger partial charge in [-0.25, -0.2) is 23.9 Å². The lowest BCUT2D eigenvalue weighted by atomic mass is 9.76. The predicted octanol–water partition coefficient (Wildman–Crippen LogP) is 9.50. The van der Waals surface area contributed by atoms with Gasteiger partial charge in [0.1, 0.15) is 28.8 Å². The van der Waals surface area contributed by atoms with Gasteiger partial charge in [0.15, 0.2) is 5.76 Å². The van der Waals surface area contributed by atoms with Gasteiger partial charge >= 0.3 is 18.0 Å².